The molecule has 0 aliphatic rings. The number of carbonyl (C=O) groups is 1. The van der Waals surface area contributed by atoms with E-state index in [-0.39, 0.29) is 0 Å². The van der Waals surface area contributed by atoms with Crippen LogP contribution in [-0.4, -0.2) is 11.3 Å². The third-order valence-corrected chi connectivity index (χ3v) is 4.50. The van der Waals surface area contributed by atoms with E-state index in [1.54, 1.807) is 0 Å². The van der Waals surface area contributed by atoms with E-state index in [4.69, 9.17) is 0 Å². The third kappa shape index (κ3) is 2.88. The monoisotopic (exact) mass is 315 g/mol. The summed E-state index contributed by atoms with van der Waals surface area (Å²) in [5.41, 5.74) is 4.78. The molecule has 0 fully saturated rings. The van der Waals surface area contributed by atoms with Crippen molar-refractivity contribution in [3.05, 3.63) is 101 Å². The molecule has 24 heavy (non-hydrogen) atoms. The average molecular weight is 315 g/mol. The largest absolute Gasteiger partial charge is 0.303 e. The van der Waals surface area contributed by atoms with Crippen LogP contribution in [0.4, 0.5) is 0 Å². The zero-order valence-electron chi connectivity index (χ0n) is 14.1. The molecule has 0 unspecified atom stereocenters. The molecule has 0 aliphatic heterocycles. The minimum absolute atomic E-state index is 0.393. The van der Waals surface area contributed by atoms with Crippen molar-refractivity contribution >= 4 is 6.29 Å². The summed E-state index contributed by atoms with van der Waals surface area (Å²) in [6, 6.07) is 24.7. The maximum Gasteiger partial charge on any atom is 0.121 e. The van der Waals surface area contributed by atoms with Crippen LogP contribution in [0.5, 0.6) is 0 Å². The van der Waals surface area contributed by atoms with Crippen molar-refractivity contribution in [3.8, 4) is 0 Å². The molecule has 2 aromatic carbocycles. The standard InChI is InChI=1S/C22H21NO/c1-17-15-21(16-18(2)23-17)22(13-14-24,19-9-5-3-6-10-19)20-11-7-4-8-12-20/h3-12,14-16H,13H2,1-2H3. The molecular formula is C22H21NO. The Bertz CT molecular complexity index is 765. The van der Waals surface area contributed by atoms with Crippen LogP contribution in [0, 0.1) is 13.8 Å². The van der Waals surface area contributed by atoms with E-state index in [0.29, 0.717) is 6.42 Å². The number of hydrogen-bond donors (Lipinski definition) is 0. The zero-order valence-corrected chi connectivity index (χ0v) is 14.1. The van der Waals surface area contributed by atoms with Crippen LogP contribution in [0.2, 0.25) is 0 Å². The van der Waals surface area contributed by atoms with E-state index in [1.165, 1.54) is 0 Å². The van der Waals surface area contributed by atoms with Crippen LogP contribution >= 0.6 is 0 Å². The Kier molecular flexibility index (Phi) is 4.57. The van der Waals surface area contributed by atoms with E-state index in [1.807, 2.05) is 50.2 Å². The Labute approximate surface area is 143 Å². The smallest absolute Gasteiger partial charge is 0.121 e. The highest BCUT2D eigenvalue weighted by Crippen LogP contribution is 2.41. The van der Waals surface area contributed by atoms with Crippen LogP contribution in [0.1, 0.15) is 34.5 Å². The van der Waals surface area contributed by atoms with Crippen LogP contribution < -0.4 is 0 Å². The van der Waals surface area contributed by atoms with Crippen LogP contribution in [-0.2, 0) is 10.2 Å². The van der Waals surface area contributed by atoms with Gasteiger partial charge in [0.1, 0.15) is 6.29 Å². The van der Waals surface area contributed by atoms with Crippen molar-refractivity contribution in [2.75, 3.05) is 0 Å². The number of hydrogen-bond acceptors (Lipinski definition) is 2. The number of aromatic nitrogens is 1. The van der Waals surface area contributed by atoms with E-state index >= 15 is 0 Å². The van der Waals surface area contributed by atoms with E-state index < -0.39 is 5.41 Å². The maximum absolute atomic E-state index is 11.7. The zero-order chi connectivity index (χ0) is 17.0. The van der Waals surface area contributed by atoms with Gasteiger partial charge in [-0.05, 0) is 42.7 Å². The predicted molar refractivity (Wildman–Crippen MR) is 97.2 cm³/mol. The van der Waals surface area contributed by atoms with Crippen molar-refractivity contribution in [2.45, 2.75) is 25.7 Å². The number of aldehydes is 1. The minimum atomic E-state index is -0.497. The highest BCUT2D eigenvalue weighted by atomic mass is 16.1. The molecule has 0 N–H and O–H groups in total. The summed E-state index contributed by atoms with van der Waals surface area (Å²) in [6.07, 6.45) is 1.41. The molecule has 0 spiro atoms. The van der Waals surface area contributed by atoms with Gasteiger partial charge in [0.2, 0.25) is 0 Å². The lowest BCUT2D eigenvalue weighted by Crippen LogP contribution is -2.30. The normalized spacial score (nSPS) is 11.2. The molecule has 0 saturated heterocycles. The molecule has 0 saturated carbocycles. The molecule has 3 rings (SSSR count). The molecule has 1 heterocycles. The first-order valence-corrected chi connectivity index (χ1v) is 8.17. The second kappa shape index (κ2) is 6.79. The Balaban J connectivity index is 2.36. The number of aryl methyl sites for hydroxylation is 2. The van der Waals surface area contributed by atoms with Crippen LogP contribution in [0.3, 0.4) is 0 Å². The van der Waals surface area contributed by atoms with Gasteiger partial charge in [0.25, 0.3) is 0 Å². The van der Waals surface area contributed by atoms with E-state index in [0.717, 1.165) is 34.4 Å². The molecule has 2 nitrogen and oxygen atoms in total. The van der Waals surface area contributed by atoms with Gasteiger partial charge in [-0.2, -0.15) is 0 Å². The van der Waals surface area contributed by atoms with Gasteiger partial charge < -0.3 is 4.79 Å². The number of benzene rings is 2. The van der Waals surface area contributed by atoms with Gasteiger partial charge in [0, 0.05) is 17.8 Å². The molecular weight excluding hydrogens is 294 g/mol. The first-order chi connectivity index (χ1) is 11.7. The summed E-state index contributed by atoms with van der Waals surface area (Å²) in [7, 11) is 0. The topological polar surface area (TPSA) is 30.0 Å². The van der Waals surface area contributed by atoms with Gasteiger partial charge >= 0.3 is 0 Å². The quantitative estimate of drug-likeness (QED) is 0.643. The highest BCUT2D eigenvalue weighted by molar-refractivity contribution is 5.62. The van der Waals surface area contributed by atoms with E-state index in [9.17, 15) is 4.79 Å². The fourth-order valence-electron chi connectivity index (χ4n) is 3.50. The van der Waals surface area contributed by atoms with Gasteiger partial charge in [-0.15, -0.1) is 0 Å². The summed E-state index contributed by atoms with van der Waals surface area (Å²) < 4.78 is 0. The van der Waals surface area contributed by atoms with Crippen molar-refractivity contribution < 1.29 is 4.79 Å². The lowest BCUT2D eigenvalue weighted by atomic mass is 9.67. The molecule has 2 heteroatoms. The van der Waals surface area contributed by atoms with Crippen molar-refractivity contribution in [1.29, 1.82) is 0 Å². The van der Waals surface area contributed by atoms with Gasteiger partial charge in [-0.1, -0.05) is 60.7 Å². The first kappa shape index (κ1) is 16.1. The molecule has 120 valence electrons. The summed E-state index contributed by atoms with van der Waals surface area (Å²) >= 11 is 0. The molecule has 1 aromatic heterocycles. The molecule has 0 radical (unpaired) electrons. The lowest BCUT2D eigenvalue weighted by Gasteiger charge is -2.34. The second-order valence-corrected chi connectivity index (χ2v) is 6.15. The van der Waals surface area contributed by atoms with Crippen molar-refractivity contribution in [1.82, 2.24) is 4.98 Å². The molecule has 0 aliphatic carbocycles. The summed E-state index contributed by atoms with van der Waals surface area (Å²) in [5, 5.41) is 0. The first-order valence-electron chi connectivity index (χ1n) is 8.17. The fraction of sp³-hybridized carbons (Fsp3) is 0.182. The van der Waals surface area contributed by atoms with Gasteiger partial charge in [-0.3, -0.25) is 4.98 Å². The van der Waals surface area contributed by atoms with E-state index in [2.05, 4.69) is 41.4 Å². The van der Waals surface area contributed by atoms with Crippen molar-refractivity contribution in [2.24, 2.45) is 0 Å². The van der Waals surface area contributed by atoms with Gasteiger partial charge in [0.05, 0.1) is 5.41 Å². The van der Waals surface area contributed by atoms with Crippen molar-refractivity contribution in [3.63, 3.8) is 0 Å². The number of nitrogens with zero attached hydrogens (tertiary/aromatic N) is 1. The molecule has 0 atom stereocenters. The maximum atomic E-state index is 11.7. The van der Waals surface area contributed by atoms with Crippen LogP contribution in [0.15, 0.2) is 72.8 Å². The Hall–Kier alpha value is -2.74. The third-order valence-electron chi connectivity index (χ3n) is 4.50. The fourth-order valence-corrected chi connectivity index (χ4v) is 3.50. The number of pyridine rings is 1. The summed E-state index contributed by atoms with van der Waals surface area (Å²) in [4.78, 5) is 16.2. The molecule has 0 bridgehead atoms. The summed E-state index contributed by atoms with van der Waals surface area (Å²) in [5.74, 6) is 0. The molecule has 0 amide bonds. The number of rotatable bonds is 5. The Morgan fingerprint density at radius 2 is 1.25 bits per heavy atom. The lowest BCUT2D eigenvalue weighted by molar-refractivity contribution is -0.108. The van der Waals surface area contributed by atoms with Crippen LogP contribution in [0.25, 0.3) is 0 Å². The van der Waals surface area contributed by atoms with Gasteiger partial charge in [-0.25, -0.2) is 0 Å². The minimum Gasteiger partial charge on any atom is -0.303 e. The Morgan fingerprint density at radius 3 is 1.67 bits per heavy atom. The second-order valence-electron chi connectivity index (χ2n) is 6.15. The predicted octanol–water partition coefficient (Wildman–Crippen LogP) is 4.62. The average Bonchev–Trinajstić information content (AvgIpc) is 2.60. The molecule has 3 aromatic rings. The Morgan fingerprint density at radius 1 is 0.792 bits per heavy atom. The van der Waals surface area contributed by atoms with Gasteiger partial charge in [0.15, 0.2) is 0 Å². The number of carbonyl (C=O) groups excluding carboxylic acids is 1. The summed E-state index contributed by atoms with van der Waals surface area (Å²) in [6.45, 7) is 4.00. The SMILES string of the molecule is Cc1cc(C(CC=O)(c2ccccc2)c2ccccc2)cc(C)n1. The highest BCUT2D eigenvalue weighted by Gasteiger charge is 2.36.